The Bertz CT molecular complexity index is 533. The summed E-state index contributed by atoms with van der Waals surface area (Å²) >= 11 is 7.31. The van der Waals surface area contributed by atoms with Crippen LogP contribution in [0.2, 0.25) is 5.02 Å². The average molecular weight is 300 g/mol. The van der Waals surface area contributed by atoms with Crippen LogP contribution in [-0.4, -0.2) is 23.5 Å². The topological polar surface area (TPSA) is 42.2 Å². The number of hydrogen-bond acceptors (Lipinski definition) is 4. The Hall–Kier alpha value is -1.01. The van der Waals surface area contributed by atoms with E-state index < -0.39 is 0 Å². The van der Waals surface area contributed by atoms with Gasteiger partial charge in [0.2, 0.25) is 0 Å². The van der Waals surface area contributed by atoms with Crippen LogP contribution >= 0.6 is 22.9 Å². The molecule has 0 bridgehead atoms. The summed E-state index contributed by atoms with van der Waals surface area (Å²) in [6.45, 7) is 0.965. The van der Waals surface area contributed by atoms with Crippen LogP contribution in [0.25, 0.3) is 0 Å². The summed E-state index contributed by atoms with van der Waals surface area (Å²) in [6, 6.07) is 4.49. The Morgan fingerprint density at radius 1 is 1.53 bits per heavy atom. The number of halogens is 2. The number of aromatic nitrogens is 1. The quantitative estimate of drug-likeness (QED) is 0.922. The van der Waals surface area contributed by atoms with Crippen molar-refractivity contribution < 1.29 is 4.39 Å². The number of hydrogen-bond donors (Lipinski definition) is 1. The fraction of sp³-hybridized carbons (Fsp3) is 0.308. The molecule has 2 aromatic rings. The van der Waals surface area contributed by atoms with Gasteiger partial charge < -0.3 is 5.73 Å². The maximum absolute atomic E-state index is 13.9. The average Bonchev–Trinajstić information content (AvgIpc) is 2.85. The Balaban J connectivity index is 2.18. The molecule has 6 heteroatoms. The first-order chi connectivity index (χ1) is 9.11. The molecule has 19 heavy (non-hydrogen) atoms. The van der Waals surface area contributed by atoms with E-state index in [9.17, 15) is 4.39 Å². The number of thiazole rings is 1. The predicted molar refractivity (Wildman–Crippen MR) is 76.8 cm³/mol. The summed E-state index contributed by atoms with van der Waals surface area (Å²) in [4.78, 5) is 6.21. The standard InChI is InChI=1S/C13H15ClFN3S/c1-18(6-10-7-19-8-17-10)13(5-16)11-3-2-9(14)4-12(11)15/h2-4,7-8,13H,5-6,16H2,1H3. The molecule has 0 radical (unpaired) electrons. The van der Waals surface area contributed by atoms with Crippen LogP contribution < -0.4 is 5.73 Å². The maximum Gasteiger partial charge on any atom is 0.129 e. The summed E-state index contributed by atoms with van der Waals surface area (Å²) in [5.41, 5.74) is 9.08. The van der Waals surface area contributed by atoms with Gasteiger partial charge in [0.05, 0.1) is 17.2 Å². The molecule has 2 rings (SSSR count). The first kappa shape index (κ1) is 14.4. The van der Waals surface area contributed by atoms with Gasteiger partial charge in [-0.25, -0.2) is 9.37 Å². The zero-order valence-corrected chi connectivity index (χ0v) is 12.1. The minimum Gasteiger partial charge on any atom is -0.329 e. The summed E-state index contributed by atoms with van der Waals surface area (Å²) in [7, 11) is 1.91. The fourth-order valence-electron chi connectivity index (χ4n) is 2.00. The lowest BCUT2D eigenvalue weighted by atomic mass is 10.0. The summed E-state index contributed by atoms with van der Waals surface area (Å²) in [6.07, 6.45) is 0. The van der Waals surface area contributed by atoms with Crippen LogP contribution in [0.3, 0.4) is 0 Å². The van der Waals surface area contributed by atoms with Crippen molar-refractivity contribution in [3.63, 3.8) is 0 Å². The van der Waals surface area contributed by atoms with Crippen LogP contribution in [0.15, 0.2) is 29.1 Å². The molecule has 0 fully saturated rings. The second-order valence-corrected chi connectivity index (χ2v) is 5.47. The van der Waals surface area contributed by atoms with Crippen molar-refractivity contribution in [2.24, 2.45) is 5.73 Å². The SMILES string of the molecule is CN(Cc1cscn1)C(CN)c1ccc(Cl)cc1F. The van der Waals surface area contributed by atoms with Gasteiger partial charge in [-0.2, -0.15) is 0 Å². The molecule has 0 aliphatic carbocycles. The van der Waals surface area contributed by atoms with E-state index in [0.717, 1.165) is 5.69 Å². The van der Waals surface area contributed by atoms with Crippen molar-refractivity contribution in [3.8, 4) is 0 Å². The third-order valence-electron chi connectivity index (χ3n) is 2.97. The number of rotatable bonds is 5. The van der Waals surface area contributed by atoms with Gasteiger partial charge in [0.25, 0.3) is 0 Å². The highest BCUT2D eigenvalue weighted by molar-refractivity contribution is 7.07. The summed E-state index contributed by atoms with van der Waals surface area (Å²) in [5.74, 6) is -0.326. The molecule has 2 N–H and O–H groups in total. The molecule has 102 valence electrons. The van der Waals surface area contributed by atoms with E-state index in [2.05, 4.69) is 4.98 Å². The van der Waals surface area contributed by atoms with Crippen LogP contribution in [0, 0.1) is 5.82 Å². The van der Waals surface area contributed by atoms with Gasteiger partial charge in [-0.15, -0.1) is 11.3 Å². The number of nitrogens with zero attached hydrogens (tertiary/aromatic N) is 2. The van der Waals surface area contributed by atoms with E-state index in [1.165, 1.54) is 6.07 Å². The summed E-state index contributed by atoms with van der Waals surface area (Å²) in [5, 5.41) is 2.36. The van der Waals surface area contributed by atoms with Crippen LogP contribution in [0.5, 0.6) is 0 Å². The molecular formula is C13H15ClFN3S. The highest BCUT2D eigenvalue weighted by Crippen LogP contribution is 2.25. The van der Waals surface area contributed by atoms with Gasteiger partial charge in [-0.3, -0.25) is 4.90 Å². The minimum absolute atomic E-state index is 0.195. The lowest BCUT2D eigenvalue weighted by Gasteiger charge is -2.27. The molecule has 1 heterocycles. The van der Waals surface area contributed by atoms with Crippen molar-refractivity contribution in [2.75, 3.05) is 13.6 Å². The normalized spacial score (nSPS) is 12.9. The van der Waals surface area contributed by atoms with Crippen LogP contribution in [-0.2, 0) is 6.54 Å². The predicted octanol–water partition coefficient (Wildman–Crippen LogP) is 3.07. The fourth-order valence-corrected chi connectivity index (χ4v) is 2.71. The van der Waals surface area contributed by atoms with E-state index in [4.69, 9.17) is 17.3 Å². The Kier molecular flexibility index (Phi) is 4.87. The van der Waals surface area contributed by atoms with Gasteiger partial charge >= 0.3 is 0 Å². The molecule has 1 atom stereocenters. The van der Waals surface area contributed by atoms with Crippen LogP contribution in [0.1, 0.15) is 17.3 Å². The molecule has 1 aromatic carbocycles. The third kappa shape index (κ3) is 3.51. The molecular weight excluding hydrogens is 285 g/mol. The van der Waals surface area contributed by atoms with Crippen molar-refractivity contribution >= 4 is 22.9 Å². The maximum atomic E-state index is 13.9. The zero-order valence-electron chi connectivity index (χ0n) is 10.5. The Labute approximate surface area is 120 Å². The van der Waals surface area contributed by atoms with Crippen molar-refractivity contribution in [1.82, 2.24) is 9.88 Å². The van der Waals surface area contributed by atoms with Gasteiger partial charge in [-0.05, 0) is 19.2 Å². The molecule has 0 aliphatic heterocycles. The smallest absolute Gasteiger partial charge is 0.129 e. The number of likely N-dealkylation sites (N-methyl/N-ethyl adjacent to an activating group) is 1. The molecule has 0 amide bonds. The lowest BCUT2D eigenvalue weighted by molar-refractivity contribution is 0.234. The lowest BCUT2D eigenvalue weighted by Crippen LogP contribution is -2.31. The Morgan fingerprint density at radius 2 is 2.32 bits per heavy atom. The molecule has 0 aliphatic rings. The van der Waals surface area contributed by atoms with Crippen molar-refractivity contribution in [1.29, 1.82) is 0 Å². The first-order valence-electron chi connectivity index (χ1n) is 5.84. The van der Waals surface area contributed by atoms with E-state index in [1.807, 2.05) is 17.3 Å². The largest absolute Gasteiger partial charge is 0.329 e. The van der Waals surface area contributed by atoms with Gasteiger partial charge in [0.1, 0.15) is 5.82 Å². The second-order valence-electron chi connectivity index (χ2n) is 4.31. The molecule has 3 nitrogen and oxygen atoms in total. The summed E-state index contributed by atoms with van der Waals surface area (Å²) < 4.78 is 13.9. The van der Waals surface area contributed by atoms with Gasteiger partial charge in [0.15, 0.2) is 0 Å². The Morgan fingerprint density at radius 3 is 2.89 bits per heavy atom. The van der Waals surface area contributed by atoms with Gasteiger partial charge in [0, 0.05) is 29.1 Å². The first-order valence-corrected chi connectivity index (χ1v) is 7.16. The van der Waals surface area contributed by atoms with E-state index >= 15 is 0 Å². The molecule has 1 aromatic heterocycles. The number of nitrogens with two attached hydrogens (primary N) is 1. The van der Waals surface area contributed by atoms with Crippen molar-refractivity contribution in [2.45, 2.75) is 12.6 Å². The molecule has 0 spiro atoms. The van der Waals surface area contributed by atoms with Crippen molar-refractivity contribution in [3.05, 3.63) is 51.2 Å². The van der Waals surface area contributed by atoms with Crippen LogP contribution in [0.4, 0.5) is 4.39 Å². The van der Waals surface area contributed by atoms with E-state index in [0.29, 0.717) is 23.7 Å². The highest BCUT2D eigenvalue weighted by atomic mass is 35.5. The molecule has 0 saturated carbocycles. The molecule has 1 unspecified atom stereocenters. The van der Waals surface area contributed by atoms with E-state index in [1.54, 1.807) is 29.0 Å². The highest BCUT2D eigenvalue weighted by Gasteiger charge is 2.19. The second kappa shape index (κ2) is 6.43. The van der Waals surface area contributed by atoms with Gasteiger partial charge in [-0.1, -0.05) is 17.7 Å². The molecule has 0 saturated heterocycles. The zero-order chi connectivity index (χ0) is 13.8. The third-order valence-corrected chi connectivity index (χ3v) is 3.84. The minimum atomic E-state index is -0.326. The van der Waals surface area contributed by atoms with E-state index in [-0.39, 0.29) is 11.9 Å². The number of benzene rings is 1. The monoisotopic (exact) mass is 299 g/mol.